The van der Waals surface area contributed by atoms with Gasteiger partial charge in [-0.1, -0.05) is 19.9 Å². The second-order valence-corrected chi connectivity index (χ2v) is 7.10. The first kappa shape index (κ1) is 23.2. The van der Waals surface area contributed by atoms with Crippen molar-refractivity contribution in [2.75, 3.05) is 36.9 Å². The van der Waals surface area contributed by atoms with Crippen molar-refractivity contribution in [3.63, 3.8) is 0 Å². The molecule has 1 aliphatic heterocycles. The number of anilines is 2. The number of carbonyl (C=O) groups is 4. The molecule has 164 valence electrons. The number of hydrogen-bond acceptors (Lipinski definition) is 6. The minimum Gasteiger partial charge on any atom is -0.466 e. The fraction of sp³-hybridized carbons (Fsp3) is 0.524. The zero-order valence-electron chi connectivity index (χ0n) is 17.7. The Hall–Kier alpha value is -3.10. The molecule has 1 aliphatic rings. The van der Waals surface area contributed by atoms with Gasteiger partial charge in [-0.05, 0) is 31.0 Å². The molecule has 0 saturated carbocycles. The van der Waals surface area contributed by atoms with Gasteiger partial charge in [0.2, 0.25) is 17.7 Å². The number of rotatable bonds is 9. The first-order valence-corrected chi connectivity index (χ1v) is 10.2. The number of piperazine rings is 1. The Bertz CT molecular complexity index is 796. The van der Waals surface area contributed by atoms with Gasteiger partial charge in [0.1, 0.15) is 6.04 Å². The van der Waals surface area contributed by atoms with Gasteiger partial charge >= 0.3 is 5.97 Å². The predicted octanol–water partition coefficient (Wildman–Crippen LogP) is 1.43. The average Bonchev–Trinajstić information content (AvgIpc) is 2.73. The summed E-state index contributed by atoms with van der Waals surface area (Å²) >= 11 is 0. The average molecular weight is 418 g/mol. The van der Waals surface area contributed by atoms with Gasteiger partial charge < -0.3 is 25.6 Å². The molecular formula is C21H30N4O5. The fourth-order valence-corrected chi connectivity index (χ4v) is 3.03. The lowest BCUT2D eigenvalue weighted by Crippen LogP contribution is -2.58. The molecule has 3 N–H and O–H groups in total. The monoisotopic (exact) mass is 418 g/mol. The van der Waals surface area contributed by atoms with E-state index in [1.54, 1.807) is 13.0 Å². The van der Waals surface area contributed by atoms with Crippen molar-refractivity contribution in [3.05, 3.63) is 23.8 Å². The minimum atomic E-state index is -0.880. The summed E-state index contributed by atoms with van der Waals surface area (Å²) in [6.45, 7) is 6.44. The zero-order chi connectivity index (χ0) is 22.1. The molecule has 2 rings (SSSR count). The molecule has 0 radical (unpaired) electrons. The van der Waals surface area contributed by atoms with Crippen LogP contribution in [0.5, 0.6) is 0 Å². The van der Waals surface area contributed by atoms with Crippen LogP contribution in [0.2, 0.25) is 0 Å². The van der Waals surface area contributed by atoms with Crippen LogP contribution in [0.1, 0.15) is 38.7 Å². The highest BCUT2D eigenvalue weighted by Crippen LogP contribution is 2.21. The van der Waals surface area contributed by atoms with E-state index in [2.05, 4.69) is 16.0 Å². The van der Waals surface area contributed by atoms with Crippen LogP contribution in [0.3, 0.4) is 0 Å². The third-order valence-electron chi connectivity index (χ3n) is 4.75. The van der Waals surface area contributed by atoms with E-state index in [-0.39, 0.29) is 37.3 Å². The first-order valence-electron chi connectivity index (χ1n) is 10.2. The minimum absolute atomic E-state index is 0.0436. The Morgan fingerprint density at radius 2 is 2.03 bits per heavy atom. The Morgan fingerprint density at radius 3 is 2.73 bits per heavy atom. The smallest absolute Gasteiger partial charge is 0.308 e. The second kappa shape index (κ2) is 11.2. The summed E-state index contributed by atoms with van der Waals surface area (Å²) in [4.78, 5) is 50.0. The summed E-state index contributed by atoms with van der Waals surface area (Å²) < 4.78 is 5.06. The van der Waals surface area contributed by atoms with Crippen molar-refractivity contribution in [2.24, 2.45) is 0 Å². The molecule has 0 bridgehead atoms. The SMILES string of the molecule is CCCOC(=O)CC1C(=O)NCCN1C(=O)CNc1ccc(C)c(NC(=O)CC)c1. The van der Waals surface area contributed by atoms with E-state index in [0.717, 1.165) is 5.56 Å². The van der Waals surface area contributed by atoms with E-state index < -0.39 is 12.0 Å². The van der Waals surface area contributed by atoms with Gasteiger partial charge in [0, 0.05) is 30.9 Å². The van der Waals surface area contributed by atoms with Crippen molar-refractivity contribution >= 4 is 35.1 Å². The van der Waals surface area contributed by atoms with E-state index in [0.29, 0.717) is 37.3 Å². The van der Waals surface area contributed by atoms with Crippen LogP contribution in [-0.2, 0) is 23.9 Å². The van der Waals surface area contributed by atoms with Crippen molar-refractivity contribution in [3.8, 4) is 0 Å². The van der Waals surface area contributed by atoms with Crippen LogP contribution in [0.4, 0.5) is 11.4 Å². The van der Waals surface area contributed by atoms with Crippen LogP contribution in [-0.4, -0.2) is 60.9 Å². The van der Waals surface area contributed by atoms with Crippen molar-refractivity contribution in [1.29, 1.82) is 0 Å². The number of ether oxygens (including phenoxy) is 1. The molecule has 1 aromatic rings. The molecular weight excluding hydrogens is 388 g/mol. The summed E-state index contributed by atoms with van der Waals surface area (Å²) in [5.74, 6) is -1.25. The van der Waals surface area contributed by atoms with Crippen molar-refractivity contribution in [1.82, 2.24) is 10.2 Å². The highest BCUT2D eigenvalue weighted by Gasteiger charge is 2.34. The van der Waals surface area contributed by atoms with Crippen molar-refractivity contribution < 1.29 is 23.9 Å². The maximum atomic E-state index is 12.8. The standard InChI is InChI=1S/C21H30N4O5/c1-4-10-30-20(28)12-17-21(29)22-8-9-25(17)19(27)13-23-15-7-6-14(3)16(11-15)24-18(26)5-2/h6-7,11,17,23H,4-5,8-10,12-13H2,1-3H3,(H,22,29)(H,24,26). The number of esters is 1. The van der Waals surface area contributed by atoms with Gasteiger partial charge in [0.05, 0.1) is 19.6 Å². The Balaban J connectivity index is 2.01. The maximum Gasteiger partial charge on any atom is 0.308 e. The van der Waals surface area contributed by atoms with Gasteiger partial charge in [-0.25, -0.2) is 0 Å². The largest absolute Gasteiger partial charge is 0.466 e. The number of aryl methyl sites for hydroxylation is 1. The van der Waals surface area contributed by atoms with Gasteiger partial charge in [-0.2, -0.15) is 0 Å². The first-order chi connectivity index (χ1) is 14.3. The fourth-order valence-electron chi connectivity index (χ4n) is 3.03. The number of nitrogens with one attached hydrogen (secondary N) is 3. The molecule has 1 atom stereocenters. The number of carbonyl (C=O) groups excluding carboxylic acids is 4. The second-order valence-electron chi connectivity index (χ2n) is 7.10. The number of benzene rings is 1. The van der Waals surface area contributed by atoms with E-state index in [1.807, 2.05) is 26.0 Å². The predicted molar refractivity (Wildman–Crippen MR) is 113 cm³/mol. The molecule has 0 aliphatic carbocycles. The summed E-state index contributed by atoms with van der Waals surface area (Å²) in [6.07, 6.45) is 0.885. The third kappa shape index (κ3) is 6.47. The normalized spacial score (nSPS) is 15.9. The summed E-state index contributed by atoms with van der Waals surface area (Å²) in [6, 6.07) is 4.54. The van der Waals surface area contributed by atoms with E-state index >= 15 is 0 Å². The van der Waals surface area contributed by atoms with Crippen LogP contribution >= 0.6 is 0 Å². The van der Waals surface area contributed by atoms with Gasteiger partial charge in [0.25, 0.3) is 0 Å². The molecule has 1 saturated heterocycles. The molecule has 9 nitrogen and oxygen atoms in total. The molecule has 0 spiro atoms. The molecule has 1 aromatic carbocycles. The van der Waals surface area contributed by atoms with Crippen LogP contribution < -0.4 is 16.0 Å². The zero-order valence-corrected chi connectivity index (χ0v) is 17.7. The topological polar surface area (TPSA) is 117 Å². The quantitative estimate of drug-likeness (QED) is 0.522. The number of nitrogens with zero attached hydrogens (tertiary/aromatic N) is 1. The van der Waals surface area contributed by atoms with Crippen LogP contribution in [0, 0.1) is 6.92 Å². The molecule has 9 heteroatoms. The van der Waals surface area contributed by atoms with Gasteiger partial charge in [-0.15, -0.1) is 0 Å². The van der Waals surface area contributed by atoms with E-state index in [4.69, 9.17) is 4.74 Å². The summed E-state index contributed by atoms with van der Waals surface area (Å²) in [5, 5.41) is 8.55. The molecule has 3 amide bonds. The van der Waals surface area contributed by atoms with Crippen LogP contribution in [0.15, 0.2) is 18.2 Å². The van der Waals surface area contributed by atoms with E-state index in [1.165, 1.54) is 4.90 Å². The maximum absolute atomic E-state index is 12.8. The molecule has 0 aromatic heterocycles. The molecule has 1 fully saturated rings. The van der Waals surface area contributed by atoms with Gasteiger partial charge in [-0.3, -0.25) is 19.2 Å². The molecule has 1 heterocycles. The summed E-state index contributed by atoms with van der Waals surface area (Å²) in [7, 11) is 0. The Labute approximate surface area is 176 Å². The molecule has 30 heavy (non-hydrogen) atoms. The van der Waals surface area contributed by atoms with Crippen LogP contribution in [0.25, 0.3) is 0 Å². The number of amides is 3. The molecule has 1 unspecified atom stereocenters. The summed E-state index contributed by atoms with van der Waals surface area (Å²) in [5.41, 5.74) is 2.25. The Kier molecular flexibility index (Phi) is 8.64. The lowest BCUT2D eigenvalue weighted by atomic mass is 10.1. The lowest BCUT2D eigenvalue weighted by Gasteiger charge is -2.34. The highest BCUT2D eigenvalue weighted by molar-refractivity contribution is 5.94. The van der Waals surface area contributed by atoms with Crippen molar-refractivity contribution in [2.45, 2.75) is 46.1 Å². The van der Waals surface area contributed by atoms with Gasteiger partial charge in [0.15, 0.2) is 0 Å². The lowest BCUT2D eigenvalue weighted by molar-refractivity contribution is -0.151. The number of hydrogen-bond donors (Lipinski definition) is 3. The Morgan fingerprint density at radius 1 is 1.27 bits per heavy atom. The third-order valence-corrected chi connectivity index (χ3v) is 4.75. The van der Waals surface area contributed by atoms with E-state index in [9.17, 15) is 19.2 Å². The highest BCUT2D eigenvalue weighted by atomic mass is 16.5.